The summed E-state index contributed by atoms with van der Waals surface area (Å²) >= 11 is 1.90. The standard InChI is InChI=1S/C23H31N3OS/c1-19-8-9-23-21(18-19)26(20-6-3-4-7-22(20)28-23)11-5-10-24-12-14-25(15-13-24)16-17-27-2/h3-4,6-9,18H,5,10-17H2,1-2H3. The van der Waals surface area contributed by atoms with Gasteiger partial charge in [0.05, 0.1) is 18.0 Å². The number of fused-ring (bicyclic) bond motifs is 2. The zero-order chi connectivity index (χ0) is 19.3. The van der Waals surface area contributed by atoms with Crippen molar-refractivity contribution in [2.75, 3.05) is 64.4 Å². The summed E-state index contributed by atoms with van der Waals surface area (Å²) < 4.78 is 5.21. The SMILES string of the molecule is COCCN1CCN(CCCN2c3ccccc3Sc3ccc(C)cc32)CC1. The Morgan fingerprint density at radius 3 is 2.36 bits per heavy atom. The van der Waals surface area contributed by atoms with E-state index in [9.17, 15) is 0 Å². The van der Waals surface area contributed by atoms with Crippen LogP contribution in [0, 0.1) is 6.92 Å². The summed E-state index contributed by atoms with van der Waals surface area (Å²) in [5.41, 5.74) is 4.05. The van der Waals surface area contributed by atoms with E-state index >= 15 is 0 Å². The molecule has 0 unspecified atom stereocenters. The second-order valence-corrected chi connectivity index (χ2v) is 8.81. The van der Waals surface area contributed by atoms with Crippen molar-refractivity contribution in [3.63, 3.8) is 0 Å². The average Bonchev–Trinajstić information content (AvgIpc) is 2.73. The first-order chi connectivity index (χ1) is 13.7. The predicted octanol–water partition coefficient (Wildman–Crippen LogP) is 4.25. The lowest BCUT2D eigenvalue weighted by Gasteiger charge is -2.36. The molecule has 2 aromatic carbocycles. The van der Waals surface area contributed by atoms with Crippen molar-refractivity contribution < 1.29 is 4.74 Å². The van der Waals surface area contributed by atoms with E-state index in [1.54, 1.807) is 7.11 Å². The van der Waals surface area contributed by atoms with Crippen molar-refractivity contribution in [2.45, 2.75) is 23.1 Å². The van der Waals surface area contributed by atoms with Crippen molar-refractivity contribution in [2.24, 2.45) is 0 Å². The topological polar surface area (TPSA) is 19.0 Å². The number of nitrogens with zero attached hydrogens (tertiary/aromatic N) is 3. The third kappa shape index (κ3) is 4.54. The maximum absolute atomic E-state index is 5.21. The molecule has 28 heavy (non-hydrogen) atoms. The van der Waals surface area contributed by atoms with E-state index in [1.807, 2.05) is 11.8 Å². The molecule has 4 rings (SSSR count). The number of aryl methyl sites for hydroxylation is 1. The van der Waals surface area contributed by atoms with E-state index in [4.69, 9.17) is 4.74 Å². The highest BCUT2D eigenvalue weighted by atomic mass is 32.2. The van der Waals surface area contributed by atoms with Crippen LogP contribution in [0.15, 0.2) is 52.3 Å². The first-order valence-corrected chi connectivity index (χ1v) is 11.1. The van der Waals surface area contributed by atoms with Crippen molar-refractivity contribution in [1.82, 2.24) is 9.80 Å². The molecule has 0 aromatic heterocycles. The smallest absolute Gasteiger partial charge is 0.0589 e. The molecule has 4 nitrogen and oxygen atoms in total. The Labute approximate surface area is 173 Å². The summed E-state index contributed by atoms with van der Waals surface area (Å²) in [5.74, 6) is 0. The Morgan fingerprint density at radius 1 is 0.857 bits per heavy atom. The van der Waals surface area contributed by atoms with Gasteiger partial charge in [-0.05, 0) is 49.7 Å². The van der Waals surface area contributed by atoms with Crippen molar-refractivity contribution >= 4 is 23.1 Å². The number of rotatable bonds is 7. The molecule has 0 N–H and O–H groups in total. The minimum absolute atomic E-state index is 0.838. The van der Waals surface area contributed by atoms with Crippen LogP contribution in [0.2, 0.25) is 0 Å². The van der Waals surface area contributed by atoms with Gasteiger partial charge in [-0.15, -0.1) is 0 Å². The van der Waals surface area contributed by atoms with Gasteiger partial charge >= 0.3 is 0 Å². The van der Waals surface area contributed by atoms with Gasteiger partial charge in [0.15, 0.2) is 0 Å². The molecule has 0 bridgehead atoms. The predicted molar refractivity (Wildman–Crippen MR) is 118 cm³/mol. The van der Waals surface area contributed by atoms with Gasteiger partial charge in [-0.1, -0.05) is 30.0 Å². The molecule has 150 valence electrons. The number of benzene rings is 2. The van der Waals surface area contributed by atoms with Gasteiger partial charge in [-0.25, -0.2) is 0 Å². The van der Waals surface area contributed by atoms with Crippen LogP contribution in [-0.2, 0) is 4.74 Å². The highest BCUT2D eigenvalue weighted by molar-refractivity contribution is 7.99. The number of methoxy groups -OCH3 is 1. The molecule has 0 spiro atoms. The zero-order valence-electron chi connectivity index (χ0n) is 17.1. The Balaban J connectivity index is 1.37. The molecule has 0 aliphatic carbocycles. The third-order valence-electron chi connectivity index (χ3n) is 5.71. The van der Waals surface area contributed by atoms with Gasteiger partial charge in [-0.3, -0.25) is 4.90 Å². The fourth-order valence-electron chi connectivity index (χ4n) is 4.09. The second-order valence-electron chi connectivity index (χ2n) is 7.72. The second kappa shape index (κ2) is 9.31. The van der Waals surface area contributed by atoms with E-state index in [0.717, 1.165) is 32.8 Å². The Hall–Kier alpha value is -1.53. The Morgan fingerprint density at radius 2 is 1.57 bits per heavy atom. The number of para-hydroxylation sites is 1. The largest absolute Gasteiger partial charge is 0.383 e. The summed E-state index contributed by atoms with van der Waals surface area (Å²) in [4.78, 5) is 10.4. The lowest BCUT2D eigenvalue weighted by Crippen LogP contribution is -2.47. The molecule has 0 atom stereocenters. The van der Waals surface area contributed by atoms with Crippen LogP contribution in [0.1, 0.15) is 12.0 Å². The number of anilines is 2. The number of piperazine rings is 1. The number of ether oxygens (including phenoxy) is 1. The van der Waals surface area contributed by atoms with Crippen molar-refractivity contribution in [1.29, 1.82) is 0 Å². The first kappa shape index (κ1) is 19.8. The molecule has 2 heterocycles. The maximum Gasteiger partial charge on any atom is 0.0589 e. The number of hydrogen-bond acceptors (Lipinski definition) is 5. The van der Waals surface area contributed by atoms with Crippen LogP contribution in [0.25, 0.3) is 0 Å². The molecule has 0 saturated carbocycles. The number of hydrogen-bond donors (Lipinski definition) is 0. The molecule has 2 aliphatic heterocycles. The lowest BCUT2D eigenvalue weighted by atomic mass is 10.1. The zero-order valence-corrected chi connectivity index (χ0v) is 17.9. The monoisotopic (exact) mass is 397 g/mol. The first-order valence-electron chi connectivity index (χ1n) is 10.3. The van der Waals surface area contributed by atoms with Crippen LogP contribution < -0.4 is 4.90 Å². The van der Waals surface area contributed by atoms with Crippen molar-refractivity contribution in [3.8, 4) is 0 Å². The van der Waals surface area contributed by atoms with E-state index in [-0.39, 0.29) is 0 Å². The normalized spacial score (nSPS) is 17.4. The van der Waals surface area contributed by atoms with Gasteiger partial charge in [-0.2, -0.15) is 0 Å². The van der Waals surface area contributed by atoms with Gasteiger partial charge in [0.1, 0.15) is 0 Å². The fraction of sp³-hybridized carbons (Fsp3) is 0.478. The molecule has 0 radical (unpaired) electrons. The minimum atomic E-state index is 0.838. The summed E-state index contributed by atoms with van der Waals surface area (Å²) in [6.07, 6.45) is 1.18. The molecule has 2 aliphatic rings. The highest BCUT2D eigenvalue weighted by Crippen LogP contribution is 2.48. The average molecular weight is 398 g/mol. The molecule has 5 heteroatoms. The minimum Gasteiger partial charge on any atom is -0.383 e. The molecular formula is C23H31N3OS. The van der Waals surface area contributed by atoms with Gasteiger partial charge in [0.2, 0.25) is 0 Å². The summed E-state index contributed by atoms with van der Waals surface area (Å²) in [6, 6.07) is 15.7. The van der Waals surface area contributed by atoms with E-state index in [0.29, 0.717) is 0 Å². The third-order valence-corrected chi connectivity index (χ3v) is 6.84. The highest BCUT2D eigenvalue weighted by Gasteiger charge is 2.23. The van der Waals surface area contributed by atoms with E-state index in [2.05, 4.69) is 64.1 Å². The Kier molecular flexibility index (Phi) is 6.58. The molecule has 0 amide bonds. The lowest BCUT2D eigenvalue weighted by molar-refractivity contribution is 0.0968. The molecule has 1 saturated heterocycles. The van der Waals surface area contributed by atoms with Crippen LogP contribution in [0.5, 0.6) is 0 Å². The van der Waals surface area contributed by atoms with E-state index < -0.39 is 0 Å². The quantitative estimate of drug-likeness (QED) is 0.693. The fourth-order valence-corrected chi connectivity index (χ4v) is 5.17. The molecule has 2 aromatic rings. The maximum atomic E-state index is 5.21. The van der Waals surface area contributed by atoms with Gasteiger partial charge < -0.3 is 14.5 Å². The molecular weight excluding hydrogens is 366 g/mol. The Bertz CT molecular complexity index is 789. The van der Waals surface area contributed by atoms with Crippen LogP contribution in [0.3, 0.4) is 0 Å². The van der Waals surface area contributed by atoms with Gasteiger partial charge in [0.25, 0.3) is 0 Å². The van der Waals surface area contributed by atoms with E-state index in [1.165, 1.54) is 52.8 Å². The summed E-state index contributed by atoms with van der Waals surface area (Å²) in [7, 11) is 1.78. The molecule has 1 fully saturated rings. The summed E-state index contributed by atoms with van der Waals surface area (Å²) in [5, 5.41) is 0. The van der Waals surface area contributed by atoms with Crippen LogP contribution in [-0.4, -0.2) is 69.3 Å². The van der Waals surface area contributed by atoms with Gasteiger partial charge in [0, 0.05) is 56.2 Å². The van der Waals surface area contributed by atoms with Crippen LogP contribution in [0.4, 0.5) is 11.4 Å². The van der Waals surface area contributed by atoms with Crippen LogP contribution >= 0.6 is 11.8 Å². The summed E-state index contributed by atoms with van der Waals surface area (Å²) in [6.45, 7) is 11.0. The van der Waals surface area contributed by atoms with Crippen molar-refractivity contribution in [3.05, 3.63) is 48.0 Å².